The van der Waals surface area contributed by atoms with Gasteiger partial charge in [-0.25, -0.2) is 4.79 Å². The van der Waals surface area contributed by atoms with Gasteiger partial charge in [0.1, 0.15) is 0 Å². The maximum atomic E-state index is 11.9. The van der Waals surface area contributed by atoms with Gasteiger partial charge < -0.3 is 20.1 Å². The van der Waals surface area contributed by atoms with Crippen molar-refractivity contribution in [2.24, 2.45) is 5.92 Å². The monoisotopic (exact) mass is 294 g/mol. The van der Waals surface area contributed by atoms with Crippen molar-refractivity contribution in [1.82, 2.24) is 0 Å². The van der Waals surface area contributed by atoms with Gasteiger partial charge in [0.15, 0.2) is 0 Å². The highest BCUT2D eigenvalue weighted by molar-refractivity contribution is 5.96. The van der Waals surface area contributed by atoms with Crippen LogP contribution in [0.15, 0.2) is 18.2 Å². The molecule has 1 aromatic carbocycles. The summed E-state index contributed by atoms with van der Waals surface area (Å²) in [4.78, 5) is 14.1. The van der Waals surface area contributed by atoms with Crippen molar-refractivity contribution in [1.29, 1.82) is 0 Å². The van der Waals surface area contributed by atoms with Crippen LogP contribution in [0.5, 0.6) is 0 Å². The van der Waals surface area contributed by atoms with E-state index in [1.165, 1.54) is 0 Å². The second kappa shape index (κ2) is 8.52. The summed E-state index contributed by atoms with van der Waals surface area (Å²) < 4.78 is 10.2. The molecule has 5 heteroatoms. The minimum atomic E-state index is -0.381. The molecule has 1 rings (SSSR count). The molecule has 0 fully saturated rings. The number of nitrogens with zero attached hydrogens (tertiary/aromatic N) is 1. The smallest absolute Gasteiger partial charge is 0.340 e. The van der Waals surface area contributed by atoms with E-state index in [9.17, 15) is 4.79 Å². The van der Waals surface area contributed by atoms with Crippen molar-refractivity contribution in [2.75, 3.05) is 44.0 Å². The molecule has 0 aliphatic heterocycles. The number of hydrogen-bond donors (Lipinski definition) is 1. The van der Waals surface area contributed by atoms with Crippen LogP contribution >= 0.6 is 0 Å². The fraction of sp³-hybridized carbons (Fsp3) is 0.562. The molecular formula is C16H26N2O3. The van der Waals surface area contributed by atoms with E-state index in [0.717, 1.165) is 18.8 Å². The van der Waals surface area contributed by atoms with Crippen molar-refractivity contribution in [3.05, 3.63) is 23.8 Å². The van der Waals surface area contributed by atoms with E-state index < -0.39 is 0 Å². The lowest BCUT2D eigenvalue weighted by Crippen LogP contribution is -2.31. The highest BCUT2D eigenvalue weighted by atomic mass is 16.5. The Labute approximate surface area is 127 Å². The first-order valence-corrected chi connectivity index (χ1v) is 7.30. The molecule has 0 bridgehead atoms. The molecule has 0 heterocycles. The Morgan fingerprint density at radius 3 is 2.67 bits per heavy atom. The van der Waals surface area contributed by atoms with Crippen LogP contribution in [-0.4, -0.2) is 39.4 Å². The van der Waals surface area contributed by atoms with Crippen molar-refractivity contribution in [3.8, 4) is 0 Å². The molecule has 5 nitrogen and oxygen atoms in total. The van der Waals surface area contributed by atoms with Crippen LogP contribution in [0.2, 0.25) is 0 Å². The molecule has 0 aliphatic rings. The van der Waals surface area contributed by atoms with Gasteiger partial charge >= 0.3 is 5.97 Å². The molecule has 2 N–H and O–H groups in total. The Balaban J connectivity index is 3.02. The summed E-state index contributed by atoms with van der Waals surface area (Å²) in [6.45, 7) is 8.71. The standard InChI is InChI=1S/C16H26N2O3/c1-5-21-16(19)14-10-13(6-7-15(14)17)18(8-9-20-4)11-12(2)3/h6-7,10,12H,5,8-9,11,17H2,1-4H3. The third-order valence-electron chi connectivity index (χ3n) is 3.05. The van der Waals surface area contributed by atoms with Crippen LogP contribution < -0.4 is 10.6 Å². The topological polar surface area (TPSA) is 64.8 Å². The zero-order valence-corrected chi connectivity index (χ0v) is 13.4. The molecule has 21 heavy (non-hydrogen) atoms. The summed E-state index contributed by atoms with van der Waals surface area (Å²) in [7, 11) is 1.68. The van der Waals surface area contributed by atoms with Gasteiger partial charge in [0.25, 0.3) is 0 Å². The van der Waals surface area contributed by atoms with Crippen LogP contribution in [0.3, 0.4) is 0 Å². The molecule has 0 saturated heterocycles. The highest BCUT2D eigenvalue weighted by Gasteiger charge is 2.15. The second-order valence-corrected chi connectivity index (χ2v) is 5.32. The lowest BCUT2D eigenvalue weighted by Gasteiger charge is -2.27. The van der Waals surface area contributed by atoms with Crippen molar-refractivity contribution in [3.63, 3.8) is 0 Å². The predicted molar refractivity (Wildman–Crippen MR) is 85.7 cm³/mol. The SMILES string of the molecule is CCOC(=O)c1cc(N(CCOC)CC(C)C)ccc1N. The summed E-state index contributed by atoms with van der Waals surface area (Å²) in [5, 5.41) is 0. The second-order valence-electron chi connectivity index (χ2n) is 5.32. The number of nitrogen functional groups attached to an aromatic ring is 1. The first-order valence-electron chi connectivity index (χ1n) is 7.30. The summed E-state index contributed by atoms with van der Waals surface area (Å²) >= 11 is 0. The zero-order chi connectivity index (χ0) is 15.8. The Kier molecular flexibility index (Phi) is 7.02. The average molecular weight is 294 g/mol. The van der Waals surface area contributed by atoms with Gasteiger partial charge in [-0.1, -0.05) is 13.8 Å². The molecule has 0 spiro atoms. The molecule has 0 aromatic heterocycles. The molecule has 0 atom stereocenters. The molecule has 0 radical (unpaired) electrons. The minimum absolute atomic E-state index is 0.335. The Morgan fingerprint density at radius 2 is 2.10 bits per heavy atom. The normalized spacial score (nSPS) is 10.7. The molecule has 1 aromatic rings. The summed E-state index contributed by atoms with van der Waals surface area (Å²) in [6.07, 6.45) is 0. The Bertz CT molecular complexity index is 461. The van der Waals surface area contributed by atoms with E-state index >= 15 is 0 Å². The van der Waals surface area contributed by atoms with Crippen molar-refractivity contribution >= 4 is 17.3 Å². The average Bonchev–Trinajstić information content (AvgIpc) is 2.44. The van der Waals surface area contributed by atoms with Crippen LogP contribution in [0, 0.1) is 5.92 Å². The predicted octanol–water partition coefficient (Wildman–Crippen LogP) is 2.55. The van der Waals surface area contributed by atoms with Crippen LogP contribution in [-0.2, 0) is 9.47 Å². The van der Waals surface area contributed by atoms with Gasteiger partial charge in [-0.15, -0.1) is 0 Å². The molecule has 0 unspecified atom stereocenters. The quantitative estimate of drug-likeness (QED) is 0.589. The third-order valence-corrected chi connectivity index (χ3v) is 3.05. The van der Waals surface area contributed by atoms with Crippen molar-refractivity contribution < 1.29 is 14.3 Å². The third kappa shape index (κ3) is 5.27. The highest BCUT2D eigenvalue weighted by Crippen LogP contribution is 2.23. The van der Waals surface area contributed by atoms with Crippen LogP contribution in [0.1, 0.15) is 31.1 Å². The first kappa shape index (κ1) is 17.3. The Hall–Kier alpha value is -1.75. The van der Waals surface area contributed by atoms with Crippen LogP contribution in [0.4, 0.5) is 11.4 Å². The lowest BCUT2D eigenvalue weighted by atomic mass is 10.1. The maximum absolute atomic E-state index is 11.9. The number of hydrogen-bond acceptors (Lipinski definition) is 5. The fourth-order valence-corrected chi connectivity index (χ4v) is 2.09. The fourth-order valence-electron chi connectivity index (χ4n) is 2.09. The van der Waals surface area contributed by atoms with Gasteiger partial charge in [-0.05, 0) is 31.0 Å². The number of methoxy groups -OCH3 is 1. The van der Waals surface area contributed by atoms with Gasteiger partial charge in [-0.2, -0.15) is 0 Å². The van der Waals surface area contributed by atoms with E-state index in [-0.39, 0.29) is 5.97 Å². The number of benzene rings is 1. The van der Waals surface area contributed by atoms with E-state index in [2.05, 4.69) is 18.7 Å². The largest absolute Gasteiger partial charge is 0.462 e. The number of nitrogens with two attached hydrogens (primary N) is 1. The van der Waals surface area contributed by atoms with E-state index in [1.807, 2.05) is 6.07 Å². The Morgan fingerprint density at radius 1 is 1.38 bits per heavy atom. The van der Waals surface area contributed by atoms with Gasteiger partial charge in [0.05, 0.1) is 18.8 Å². The van der Waals surface area contributed by atoms with Crippen LogP contribution in [0.25, 0.3) is 0 Å². The zero-order valence-electron chi connectivity index (χ0n) is 13.4. The minimum Gasteiger partial charge on any atom is -0.462 e. The van der Waals surface area contributed by atoms with E-state index in [4.69, 9.17) is 15.2 Å². The molecular weight excluding hydrogens is 268 g/mol. The van der Waals surface area contributed by atoms with Gasteiger partial charge in [0, 0.05) is 31.6 Å². The summed E-state index contributed by atoms with van der Waals surface area (Å²) in [5.41, 5.74) is 7.69. The molecule has 118 valence electrons. The summed E-state index contributed by atoms with van der Waals surface area (Å²) in [6, 6.07) is 5.48. The van der Waals surface area contributed by atoms with Crippen molar-refractivity contribution in [2.45, 2.75) is 20.8 Å². The number of esters is 1. The lowest BCUT2D eigenvalue weighted by molar-refractivity contribution is 0.0527. The van der Waals surface area contributed by atoms with Gasteiger partial charge in [-0.3, -0.25) is 0 Å². The van der Waals surface area contributed by atoms with E-state index in [1.54, 1.807) is 26.2 Å². The number of carbonyl (C=O) groups is 1. The number of carbonyl (C=O) groups excluding carboxylic acids is 1. The number of ether oxygens (including phenoxy) is 2. The summed E-state index contributed by atoms with van der Waals surface area (Å²) in [5.74, 6) is 0.124. The number of anilines is 2. The van der Waals surface area contributed by atoms with Gasteiger partial charge in [0.2, 0.25) is 0 Å². The molecule has 0 amide bonds. The van der Waals surface area contributed by atoms with E-state index in [0.29, 0.717) is 30.4 Å². The molecule has 0 saturated carbocycles. The molecule has 0 aliphatic carbocycles. The number of rotatable bonds is 8. The first-order chi connectivity index (χ1) is 9.99. The maximum Gasteiger partial charge on any atom is 0.340 e.